The first-order valence-electron chi connectivity index (χ1n) is 10.1. The van der Waals surface area contributed by atoms with E-state index in [4.69, 9.17) is 11.6 Å². The highest BCUT2D eigenvalue weighted by Crippen LogP contribution is 2.37. The largest absolute Gasteiger partial charge is 0.435 e. The van der Waals surface area contributed by atoms with E-state index in [1.54, 1.807) is 6.33 Å². The summed E-state index contributed by atoms with van der Waals surface area (Å²) in [5.41, 5.74) is 2.53. The topological polar surface area (TPSA) is 72.3 Å². The monoisotopic (exact) mass is 458 g/mol. The van der Waals surface area contributed by atoms with Gasteiger partial charge in [0, 0.05) is 35.4 Å². The molecule has 1 aliphatic rings. The van der Waals surface area contributed by atoms with Crippen LogP contribution in [-0.4, -0.2) is 29.9 Å². The van der Waals surface area contributed by atoms with Crippen molar-refractivity contribution in [2.24, 2.45) is 0 Å². The molecule has 0 radical (unpaired) electrons. The fourth-order valence-electron chi connectivity index (χ4n) is 4.28. The first kappa shape index (κ1) is 20.7. The van der Waals surface area contributed by atoms with E-state index in [0.29, 0.717) is 17.3 Å². The number of hydrogen-bond acceptors (Lipinski definition) is 4. The SMILES string of the molecule is FC(F)(F)c1[nH]nnc1-c1ccnc(-c2cn(C[C@@H]3CCCc4c(Cl)cccc43)cn2)c1. The molecule has 1 atom stereocenters. The molecular formula is C22H18ClF3N6. The minimum atomic E-state index is -4.58. The van der Waals surface area contributed by atoms with Gasteiger partial charge in [-0.25, -0.2) is 4.98 Å². The molecule has 5 rings (SSSR count). The summed E-state index contributed by atoms with van der Waals surface area (Å²) in [6.45, 7) is 0.738. The van der Waals surface area contributed by atoms with Crippen LogP contribution in [0.1, 0.15) is 35.6 Å². The normalized spacial score (nSPS) is 16.2. The maximum Gasteiger partial charge on any atom is 0.435 e. The van der Waals surface area contributed by atoms with Gasteiger partial charge in [0.05, 0.1) is 12.0 Å². The summed E-state index contributed by atoms with van der Waals surface area (Å²) < 4.78 is 41.6. The van der Waals surface area contributed by atoms with Crippen LogP contribution in [0.2, 0.25) is 5.02 Å². The number of pyridine rings is 1. The molecule has 0 saturated heterocycles. The van der Waals surface area contributed by atoms with Crippen LogP contribution in [0.4, 0.5) is 13.2 Å². The van der Waals surface area contributed by atoms with Crippen LogP contribution in [0.5, 0.6) is 0 Å². The average molecular weight is 459 g/mol. The van der Waals surface area contributed by atoms with Gasteiger partial charge in [0.2, 0.25) is 0 Å². The van der Waals surface area contributed by atoms with Gasteiger partial charge in [-0.15, -0.1) is 5.10 Å². The van der Waals surface area contributed by atoms with Crippen molar-refractivity contribution >= 4 is 11.6 Å². The lowest BCUT2D eigenvalue weighted by atomic mass is 9.83. The van der Waals surface area contributed by atoms with Crippen LogP contribution in [0, 0.1) is 0 Å². The Labute approximate surface area is 186 Å². The molecule has 0 unspecified atom stereocenters. The van der Waals surface area contributed by atoms with Crippen molar-refractivity contribution in [2.75, 3.05) is 0 Å². The number of aromatic nitrogens is 6. The van der Waals surface area contributed by atoms with Crippen molar-refractivity contribution in [3.8, 4) is 22.6 Å². The Morgan fingerprint density at radius 1 is 1.16 bits per heavy atom. The van der Waals surface area contributed by atoms with Crippen molar-refractivity contribution in [1.82, 2.24) is 29.9 Å². The second kappa shape index (κ2) is 8.05. The van der Waals surface area contributed by atoms with E-state index in [1.165, 1.54) is 29.5 Å². The lowest BCUT2D eigenvalue weighted by Gasteiger charge is -2.26. The summed E-state index contributed by atoms with van der Waals surface area (Å²) in [5.74, 6) is 0.322. The van der Waals surface area contributed by atoms with E-state index in [9.17, 15) is 13.2 Å². The molecule has 1 aromatic carbocycles. The minimum Gasteiger partial charge on any atom is -0.336 e. The minimum absolute atomic E-state index is 0.265. The third-order valence-electron chi connectivity index (χ3n) is 5.77. The van der Waals surface area contributed by atoms with Gasteiger partial charge >= 0.3 is 6.18 Å². The molecule has 10 heteroatoms. The highest BCUT2D eigenvalue weighted by molar-refractivity contribution is 6.31. The number of alkyl halides is 3. The number of H-pyrrole nitrogens is 1. The van der Waals surface area contributed by atoms with E-state index in [-0.39, 0.29) is 11.3 Å². The van der Waals surface area contributed by atoms with Crippen LogP contribution in [0.3, 0.4) is 0 Å². The zero-order valence-corrected chi connectivity index (χ0v) is 17.5. The van der Waals surface area contributed by atoms with Gasteiger partial charge in [-0.1, -0.05) is 28.9 Å². The van der Waals surface area contributed by atoms with Crippen molar-refractivity contribution in [2.45, 2.75) is 37.9 Å². The molecule has 164 valence electrons. The third-order valence-corrected chi connectivity index (χ3v) is 6.12. The van der Waals surface area contributed by atoms with Gasteiger partial charge < -0.3 is 4.57 Å². The van der Waals surface area contributed by atoms with E-state index in [0.717, 1.165) is 30.8 Å². The maximum atomic E-state index is 13.2. The number of nitrogens with zero attached hydrogens (tertiary/aromatic N) is 5. The number of imidazole rings is 1. The second-order valence-corrected chi connectivity index (χ2v) is 8.22. The van der Waals surface area contributed by atoms with Crippen LogP contribution < -0.4 is 0 Å². The number of halogens is 4. The zero-order valence-electron chi connectivity index (χ0n) is 16.8. The summed E-state index contributed by atoms with van der Waals surface area (Å²) in [4.78, 5) is 8.71. The average Bonchev–Trinajstić information content (AvgIpc) is 3.44. The molecule has 0 aliphatic heterocycles. The molecule has 0 saturated carbocycles. The molecule has 0 amide bonds. The van der Waals surface area contributed by atoms with Crippen LogP contribution in [0.25, 0.3) is 22.6 Å². The van der Waals surface area contributed by atoms with E-state index in [2.05, 4.69) is 26.3 Å². The van der Waals surface area contributed by atoms with Gasteiger partial charge in [0.15, 0.2) is 5.69 Å². The van der Waals surface area contributed by atoms with Crippen molar-refractivity contribution < 1.29 is 13.2 Å². The number of nitrogens with one attached hydrogen (secondary N) is 1. The number of hydrogen-bond donors (Lipinski definition) is 1. The van der Waals surface area contributed by atoms with Gasteiger partial charge in [-0.05, 0) is 48.6 Å². The van der Waals surface area contributed by atoms with E-state index < -0.39 is 11.9 Å². The Morgan fingerprint density at radius 2 is 2.03 bits per heavy atom. The maximum absolute atomic E-state index is 13.2. The van der Waals surface area contributed by atoms with E-state index >= 15 is 0 Å². The van der Waals surface area contributed by atoms with Gasteiger partial charge in [-0.3, -0.25) is 10.1 Å². The van der Waals surface area contributed by atoms with Crippen LogP contribution >= 0.6 is 11.6 Å². The fraction of sp³-hybridized carbons (Fsp3) is 0.273. The van der Waals surface area contributed by atoms with E-state index in [1.807, 2.05) is 28.0 Å². The Morgan fingerprint density at radius 3 is 2.88 bits per heavy atom. The molecular weight excluding hydrogens is 441 g/mol. The predicted octanol–water partition coefficient (Wildman–Crippen LogP) is 5.52. The summed E-state index contributed by atoms with van der Waals surface area (Å²) in [7, 11) is 0. The first-order valence-corrected chi connectivity index (χ1v) is 10.5. The molecule has 32 heavy (non-hydrogen) atoms. The molecule has 1 N–H and O–H groups in total. The number of benzene rings is 1. The molecule has 0 fully saturated rings. The Hall–Kier alpha value is -3.20. The molecule has 0 spiro atoms. The molecule has 4 aromatic rings. The Kier molecular flexibility index (Phi) is 5.21. The summed E-state index contributed by atoms with van der Waals surface area (Å²) in [6.07, 6.45) is 3.56. The molecule has 6 nitrogen and oxygen atoms in total. The van der Waals surface area contributed by atoms with Gasteiger partial charge in [0.25, 0.3) is 0 Å². The fourth-order valence-corrected chi connectivity index (χ4v) is 4.56. The zero-order chi connectivity index (χ0) is 22.3. The van der Waals surface area contributed by atoms with Crippen LogP contribution in [0.15, 0.2) is 49.1 Å². The predicted molar refractivity (Wildman–Crippen MR) is 113 cm³/mol. The molecule has 1 aliphatic carbocycles. The third kappa shape index (κ3) is 3.88. The van der Waals surface area contributed by atoms with Crippen molar-refractivity contribution in [3.63, 3.8) is 0 Å². The standard InChI is InChI=1S/C22H18ClF3N6/c23-17-6-2-4-15-14(3-1-5-16(15)17)10-32-11-19(28-12-32)18-9-13(7-8-27-18)20-21(22(24,25)26)30-31-29-20/h2,4,6-9,11-12,14H,1,3,5,10H2,(H,29,30,31)/t14-/m0/s1. The van der Waals surface area contributed by atoms with Gasteiger partial charge in [0.1, 0.15) is 11.4 Å². The summed E-state index contributed by atoms with van der Waals surface area (Å²) >= 11 is 6.38. The molecule has 0 bridgehead atoms. The molecule has 3 aromatic heterocycles. The quantitative estimate of drug-likeness (QED) is 0.437. The lowest BCUT2D eigenvalue weighted by Crippen LogP contribution is -2.15. The number of rotatable bonds is 4. The van der Waals surface area contributed by atoms with Crippen LogP contribution in [-0.2, 0) is 19.1 Å². The van der Waals surface area contributed by atoms with Crippen molar-refractivity contribution in [3.05, 3.63) is 70.9 Å². The summed E-state index contributed by atoms with van der Waals surface area (Å²) in [6, 6.07) is 9.04. The highest BCUT2D eigenvalue weighted by atomic mass is 35.5. The summed E-state index contributed by atoms with van der Waals surface area (Å²) in [5, 5.41) is 9.67. The second-order valence-electron chi connectivity index (χ2n) is 7.82. The number of aromatic amines is 1. The Bertz CT molecular complexity index is 1260. The van der Waals surface area contributed by atoms with Gasteiger partial charge in [-0.2, -0.15) is 13.2 Å². The molecule has 3 heterocycles. The van der Waals surface area contributed by atoms with Crippen molar-refractivity contribution in [1.29, 1.82) is 0 Å². The first-order chi connectivity index (χ1) is 15.4. The smallest absolute Gasteiger partial charge is 0.336 e. The highest BCUT2D eigenvalue weighted by Gasteiger charge is 2.37. The lowest BCUT2D eigenvalue weighted by molar-refractivity contribution is -0.140. The number of fused-ring (bicyclic) bond motifs is 1. The Balaban J connectivity index is 1.41.